The Kier molecular flexibility index (Phi) is 6.28. The summed E-state index contributed by atoms with van der Waals surface area (Å²) in [6, 6.07) is 25.4. The Bertz CT molecular complexity index is 915. The normalized spacial score (nSPS) is 10.4. The number of anilines is 3. The van der Waals surface area contributed by atoms with Crippen LogP contribution in [-0.2, 0) is 16.0 Å². The van der Waals surface area contributed by atoms with Gasteiger partial charge >= 0.3 is 5.97 Å². The van der Waals surface area contributed by atoms with Crippen LogP contribution in [0.4, 0.5) is 17.1 Å². The number of rotatable bonds is 7. The summed E-state index contributed by atoms with van der Waals surface area (Å²) in [4.78, 5) is 13.4. The lowest BCUT2D eigenvalue weighted by atomic mass is 10.1. The predicted octanol–water partition coefficient (Wildman–Crippen LogP) is 6.04. The highest BCUT2D eigenvalue weighted by Gasteiger charge is 2.12. The van der Waals surface area contributed by atoms with Crippen LogP contribution in [0.15, 0.2) is 85.5 Å². The van der Waals surface area contributed by atoms with Crippen LogP contribution in [0, 0.1) is 13.8 Å². The van der Waals surface area contributed by atoms with Gasteiger partial charge in [0.2, 0.25) is 0 Å². The van der Waals surface area contributed by atoms with Gasteiger partial charge in [0.1, 0.15) is 0 Å². The maximum Gasteiger partial charge on any atom is 0.330 e. The Morgan fingerprint density at radius 1 is 0.893 bits per heavy atom. The predicted molar refractivity (Wildman–Crippen MR) is 115 cm³/mol. The Hall–Kier alpha value is -3.33. The monoisotopic (exact) mass is 371 g/mol. The highest BCUT2D eigenvalue weighted by molar-refractivity contribution is 5.81. The van der Waals surface area contributed by atoms with Crippen LogP contribution >= 0.6 is 0 Å². The van der Waals surface area contributed by atoms with E-state index in [0.717, 1.165) is 22.6 Å². The summed E-state index contributed by atoms with van der Waals surface area (Å²) in [5.41, 5.74) is 6.89. The minimum atomic E-state index is -0.387. The molecule has 3 nitrogen and oxygen atoms in total. The second kappa shape index (κ2) is 9.05. The van der Waals surface area contributed by atoms with Gasteiger partial charge in [-0.2, -0.15) is 0 Å². The molecule has 0 atom stereocenters. The van der Waals surface area contributed by atoms with Crippen LogP contribution in [0.5, 0.6) is 0 Å². The molecule has 0 saturated carbocycles. The minimum absolute atomic E-state index is 0.351. The molecule has 0 spiro atoms. The van der Waals surface area contributed by atoms with Gasteiger partial charge in [0, 0.05) is 29.6 Å². The first kappa shape index (κ1) is 19.4. The summed E-state index contributed by atoms with van der Waals surface area (Å²) in [5.74, 6) is -0.387. The largest absolute Gasteiger partial charge is 0.462 e. The standard InChI is InChI=1S/C25H25NO2/c1-4-25(27)28-16-15-21-11-13-22(14-12-21)26(23-9-5-7-19(2)17-23)24-10-6-8-20(3)18-24/h4-14,17-18H,1,15-16H2,2-3H3. The van der Waals surface area contributed by atoms with Gasteiger partial charge in [-0.1, -0.05) is 43.0 Å². The average Bonchev–Trinajstić information content (AvgIpc) is 2.69. The molecule has 0 heterocycles. The molecule has 0 aliphatic carbocycles. The molecule has 0 fully saturated rings. The molecule has 0 aliphatic rings. The van der Waals surface area contributed by atoms with E-state index < -0.39 is 0 Å². The van der Waals surface area contributed by atoms with E-state index in [4.69, 9.17) is 4.74 Å². The van der Waals surface area contributed by atoms with Crippen LogP contribution in [-0.4, -0.2) is 12.6 Å². The minimum Gasteiger partial charge on any atom is -0.462 e. The Morgan fingerprint density at radius 2 is 1.46 bits per heavy atom. The summed E-state index contributed by atoms with van der Waals surface area (Å²) in [5, 5.41) is 0. The SMILES string of the molecule is C=CC(=O)OCCc1ccc(N(c2cccc(C)c2)c2cccc(C)c2)cc1. The fourth-order valence-electron chi connectivity index (χ4n) is 3.12. The third-order valence-electron chi connectivity index (χ3n) is 4.52. The van der Waals surface area contributed by atoms with Gasteiger partial charge in [0.05, 0.1) is 6.61 Å². The van der Waals surface area contributed by atoms with Gasteiger partial charge in [-0.3, -0.25) is 0 Å². The van der Waals surface area contributed by atoms with Crippen molar-refractivity contribution >= 4 is 23.0 Å². The molecule has 3 heteroatoms. The summed E-state index contributed by atoms with van der Waals surface area (Å²) >= 11 is 0. The molecule has 0 aromatic heterocycles. The van der Waals surface area contributed by atoms with Crippen LogP contribution in [0.3, 0.4) is 0 Å². The first-order valence-corrected chi connectivity index (χ1v) is 9.38. The molecular weight excluding hydrogens is 346 g/mol. The lowest BCUT2D eigenvalue weighted by Crippen LogP contribution is -2.10. The molecule has 0 aliphatic heterocycles. The summed E-state index contributed by atoms with van der Waals surface area (Å²) in [6.45, 7) is 7.96. The van der Waals surface area contributed by atoms with Gasteiger partial charge in [-0.25, -0.2) is 4.79 Å². The smallest absolute Gasteiger partial charge is 0.330 e. The molecule has 0 saturated heterocycles. The van der Waals surface area contributed by atoms with Gasteiger partial charge in [0.15, 0.2) is 0 Å². The number of carbonyl (C=O) groups is 1. The van der Waals surface area contributed by atoms with E-state index in [1.165, 1.54) is 17.2 Å². The van der Waals surface area contributed by atoms with Crippen molar-refractivity contribution in [1.29, 1.82) is 0 Å². The van der Waals surface area contributed by atoms with Crippen molar-refractivity contribution in [3.8, 4) is 0 Å². The van der Waals surface area contributed by atoms with Gasteiger partial charge in [-0.05, 0) is 66.9 Å². The molecule has 0 amide bonds. The second-order valence-corrected chi connectivity index (χ2v) is 6.80. The zero-order valence-corrected chi connectivity index (χ0v) is 16.4. The first-order chi connectivity index (χ1) is 13.6. The Balaban J connectivity index is 1.88. The molecular formula is C25H25NO2. The quantitative estimate of drug-likeness (QED) is 0.374. The fourth-order valence-corrected chi connectivity index (χ4v) is 3.12. The first-order valence-electron chi connectivity index (χ1n) is 9.38. The highest BCUT2D eigenvalue weighted by atomic mass is 16.5. The zero-order chi connectivity index (χ0) is 19.9. The molecule has 28 heavy (non-hydrogen) atoms. The number of benzene rings is 3. The second-order valence-electron chi connectivity index (χ2n) is 6.80. The van der Waals surface area contributed by atoms with Crippen LogP contribution in [0.25, 0.3) is 0 Å². The number of hydrogen-bond donors (Lipinski definition) is 0. The molecule has 0 bridgehead atoms. The van der Waals surface area contributed by atoms with E-state index in [1.54, 1.807) is 0 Å². The zero-order valence-electron chi connectivity index (χ0n) is 16.4. The van der Waals surface area contributed by atoms with Crippen molar-refractivity contribution in [2.45, 2.75) is 20.3 Å². The lowest BCUT2D eigenvalue weighted by molar-refractivity contribution is -0.137. The third-order valence-corrected chi connectivity index (χ3v) is 4.52. The number of esters is 1. The van der Waals surface area contributed by atoms with Crippen molar-refractivity contribution in [2.24, 2.45) is 0 Å². The van der Waals surface area contributed by atoms with Gasteiger partial charge in [-0.15, -0.1) is 0 Å². The van der Waals surface area contributed by atoms with Crippen molar-refractivity contribution in [3.05, 3.63) is 102 Å². The molecule has 3 aromatic rings. The van der Waals surface area contributed by atoms with Crippen molar-refractivity contribution < 1.29 is 9.53 Å². The lowest BCUT2D eigenvalue weighted by Gasteiger charge is -2.26. The van der Waals surface area contributed by atoms with Crippen molar-refractivity contribution in [3.63, 3.8) is 0 Å². The van der Waals surface area contributed by atoms with E-state index in [-0.39, 0.29) is 5.97 Å². The molecule has 0 radical (unpaired) electrons. The van der Waals surface area contributed by atoms with E-state index in [9.17, 15) is 4.79 Å². The fraction of sp³-hybridized carbons (Fsp3) is 0.160. The van der Waals surface area contributed by atoms with E-state index in [1.807, 2.05) is 0 Å². The van der Waals surface area contributed by atoms with Crippen LogP contribution in [0.1, 0.15) is 16.7 Å². The topological polar surface area (TPSA) is 29.5 Å². The molecule has 0 unspecified atom stereocenters. The maximum absolute atomic E-state index is 11.2. The Labute approximate surface area is 166 Å². The highest BCUT2D eigenvalue weighted by Crippen LogP contribution is 2.35. The molecule has 3 rings (SSSR count). The van der Waals surface area contributed by atoms with E-state index in [2.05, 4.69) is 98.1 Å². The third kappa shape index (κ3) is 4.89. The van der Waals surface area contributed by atoms with Gasteiger partial charge < -0.3 is 9.64 Å². The maximum atomic E-state index is 11.2. The van der Waals surface area contributed by atoms with E-state index in [0.29, 0.717) is 13.0 Å². The molecule has 142 valence electrons. The van der Waals surface area contributed by atoms with Gasteiger partial charge in [0.25, 0.3) is 0 Å². The number of nitrogens with zero attached hydrogens (tertiary/aromatic N) is 1. The van der Waals surface area contributed by atoms with Crippen LogP contribution in [0.2, 0.25) is 0 Å². The van der Waals surface area contributed by atoms with E-state index >= 15 is 0 Å². The number of ether oxygens (including phenoxy) is 1. The number of aryl methyl sites for hydroxylation is 2. The molecule has 0 N–H and O–H groups in total. The Morgan fingerprint density at radius 3 is 1.96 bits per heavy atom. The van der Waals surface area contributed by atoms with Crippen molar-refractivity contribution in [1.82, 2.24) is 0 Å². The summed E-state index contributed by atoms with van der Waals surface area (Å²) in [7, 11) is 0. The number of carbonyl (C=O) groups excluding carboxylic acids is 1. The average molecular weight is 371 g/mol. The summed E-state index contributed by atoms with van der Waals surface area (Å²) < 4.78 is 5.07. The van der Waals surface area contributed by atoms with Crippen molar-refractivity contribution in [2.75, 3.05) is 11.5 Å². The number of hydrogen-bond acceptors (Lipinski definition) is 3. The summed E-state index contributed by atoms with van der Waals surface area (Å²) in [6.07, 6.45) is 1.86. The molecule has 3 aromatic carbocycles. The van der Waals surface area contributed by atoms with Crippen LogP contribution < -0.4 is 4.90 Å².